The van der Waals surface area contributed by atoms with Gasteiger partial charge >= 0.3 is 0 Å². The van der Waals surface area contributed by atoms with E-state index in [0.29, 0.717) is 12.6 Å². The molecule has 5 rings (SSSR count). The predicted molar refractivity (Wildman–Crippen MR) is 126 cm³/mol. The molecule has 3 heterocycles. The van der Waals surface area contributed by atoms with Crippen LogP contribution < -0.4 is 10.9 Å². The number of fused-ring (bicyclic) bond motifs is 3. The second-order valence-corrected chi connectivity index (χ2v) is 9.28. The van der Waals surface area contributed by atoms with Crippen LogP contribution in [0.15, 0.2) is 66.0 Å². The van der Waals surface area contributed by atoms with Crippen LogP contribution in [0, 0.1) is 0 Å². The Balaban J connectivity index is 1.28. The van der Waals surface area contributed by atoms with E-state index in [2.05, 4.69) is 39.6 Å². The summed E-state index contributed by atoms with van der Waals surface area (Å²) in [6.07, 6.45) is 10.2. The molecule has 158 valence electrons. The first kappa shape index (κ1) is 20.1. The van der Waals surface area contributed by atoms with E-state index in [1.54, 1.807) is 22.2 Å². The topological polar surface area (TPSA) is 59.8 Å². The molecule has 0 fully saturated rings. The highest BCUT2D eigenvalue weighted by atomic mass is 32.1. The van der Waals surface area contributed by atoms with E-state index >= 15 is 0 Å². The van der Waals surface area contributed by atoms with Gasteiger partial charge in [0.05, 0.1) is 11.7 Å². The summed E-state index contributed by atoms with van der Waals surface area (Å²) in [7, 11) is 0. The Morgan fingerprint density at radius 1 is 1.10 bits per heavy atom. The van der Waals surface area contributed by atoms with Gasteiger partial charge in [-0.1, -0.05) is 30.3 Å². The molecular formula is C25H26N4OS. The summed E-state index contributed by atoms with van der Waals surface area (Å²) in [5.41, 5.74) is 3.91. The Hall–Kier alpha value is -2.83. The number of aromatic nitrogens is 3. The second kappa shape index (κ2) is 9.12. The third-order valence-corrected chi connectivity index (χ3v) is 7.25. The fraction of sp³-hybridized carbons (Fsp3) is 0.320. The van der Waals surface area contributed by atoms with Crippen molar-refractivity contribution >= 4 is 21.6 Å². The van der Waals surface area contributed by atoms with Crippen molar-refractivity contribution in [3.05, 3.63) is 93.1 Å². The Bertz CT molecular complexity index is 1220. The lowest BCUT2D eigenvalue weighted by Gasteiger charge is -2.23. The average Bonchev–Trinajstić information content (AvgIpc) is 3.19. The van der Waals surface area contributed by atoms with Crippen molar-refractivity contribution in [1.29, 1.82) is 0 Å². The van der Waals surface area contributed by atoms with Crippen LogP contribution in [0.5, 0.6) is 0 Å². The molecule has 1 unspecified atom stereocenters. The molecule has 6 heteroatoms. The summed E-state index contributed by atoms with van der Waals surface area (Å²) in [6.45, 7) is 1.57. The first-order valence-electron chi connectivity index (χ1n) is 10.9. The van der Waals surface area contributed by atoms with Gasteiger partial charge in [0.1, 0.15) is 4.83 Å². The lowest BCUT2D eigenvalue weighted by Crippen LogP contribution is -2.33. The van der Waals surface area contributed by atoms with Gasteiger partial charge in [0.25, 0.3) is 5.56 Å². The van der Waals surface area contributed by atoms with Crippen LogP contribution in [0.4, 0.5) is 0 Å². The molecule has 0 spiro atoms. The van der Waals surface area contributed by atoms with E-state index in [1.165, 1.54) is 21.6 Å². The summed E-state index contributed by atoms with van der Waals surface area (Å²) in [5.74, 6) is 0. The number of rotatable bonds is 7. The first-order valence-corrected chi connectivity index (χ1v) is 11.8. The highest BCUT2D eigenvalue weighted by molar-refractivity contribution is 7.18. The number of aryl methyl sites for hydroxylation is 3. The minimum Gasteiger partial charge on any atom is -0.310 e. The summed E-state index contributed by atoms with van der Waals surface area (Å²) >= 11 is 1.70. The molecule has 0 amide bonds. The highest BCUT2D eigenvalue weighted by Crippen LogP contribution is 2.33. The maximum Gasteiger partial charge on any atom is 0.262 e. The van der Waals surface area contributed by atoms with Crippen molar-refractivity contribution in [2.75, 3.05) is 0 Å². The smallest absolute Gasteiger partial charge is 0.262 e. The van der Waals surface area contributed by atoms with Gasteiger partial charge in [-0.25, -0.2) is 4.98 Å². The van der Waals surface area contributed by atoms with Crippen molar-refractivity contribution < 1.29 is 0 Å². The largest absolute Gasteiger partial charge is 0.310 e. The second-order valence-electron chi connectivity index (χ2n) is 8.19. The van der Waals surface area contributed by atoms with Crippen molar-refractivity contribution in [1.82, 2.24) is 19.9 Å². The molecule has 3 aromatic heterocycles. The lowest BCUT2D eigenvalue weighted by atomic mass is 9.93. The third-order valence-electron chi connectivity index (χ3n) is 6.09. The number of benzene rings is 1. The highest BCUT2D eigenvalue weighted by Gasteiger charge is 2.25. The van der Waals surface area contributed by atoms with Gasteiger partial charge in [-0.15, -0.1) is 11.3 Å². The lowest BCUT2D eigenvalue weighted by molar-refractivity contribution is 0.462. The summed E-state index contributed by atoms with van der Waals surface area (Å²) in [5, 5.41) is 4.55. The van der Waals surface area contributed by atoms with Crippen LogP contribution in [0.3, 0.4) is 0 Å². The normalized spacial score (nSPS) is 15.8. The zero-order chi connectivity index (χ0) is 21.0. The van der Waals surface area contributed by atoms with E-state index in [4.69, 9.17) is 0 Å². The summed E-state index contributed by atoms with van der Waals surface area (Å²) < 4.78 is 1.79. The van der Waals surface area contributed by atoms with E-state index in [-0.39, 0.29) is 5.56 Å². The maximum atomic E-state index is 13.2. The van der Waals surface area contributed by atoms with Crippen LogP contribution in [0.25, 0.3) is 10.2 Å². The molecule has 5 nitrogen and oxygen atoms in total. The summed E-state index contributed by atoms with van der Waals surface area (Å²) in [4.78, 5) is 24.1. The predicted octanol–water partition coefficient (Wildman–Crippen LogP) is 4.13. The van der Waals surface area contributed by atoms with Crippen LogP contribution in [0.2, 0.25) is 0 Å². The van der Waals surface area contributed by atoms with E-state index < -0.39 is 0 Å². The number of hydrogen-bond donors (Lipinski definition) is 1. The maximum absolute atomic E-state index is 13.2. The van der Waals surface area contributed by atoms with Gasteiger partial charge < -0.3 is 5.32 Å². The zero-order valence-electron chi connectivity index (χ0n) is 17.5. The monoisotopic (exact) mass is 430 g/mol. The Labute approximate surface area is 185 Å². The molecule has 0 bridgehead atoms. The average molecular weight is 431 g/mol. The van der Waals surface area contributed by atoms with Crippen molar-refractivity contribution in [3.8, 4) is 0 Å². The van der Waals surface area contributed by atoms with Crippen molar-refractivity contribution in [2.24, 2.45) is 0 Å². The molecule has 0 saturated heterocycles. The van der Waals surface area contributed by atoms with Gasteiger partial charge in [-0.3, -0.25) is 14.3 Å². The Kier molecular flexibility index (Phi) is 5.91. The quantitative estimate of drug-likeness (QED) is 0.479. The molecule has 1 aliphatic carbocycles. The van der Waals surface area contributed by atoms with E-state index in [0.717, 1.165) is 48.9 Å². The fourth-order valence-corrected chi connectivity index (χ4v) is 5.65. The number of hydrogen-bond acceptors (Lipinski definition) is 5. The van der Waals surface area contributed by atoms with Gasteiger partial charge in [-0.05, 0) is 60.9 Å². The molecule has 1 atom stereocenters. The summed E-state index contributed by atoms with van der Waals surface area (Å²) in [6, 6.07) is 15.0. The molecule has 4 aromatic rings. The molecule has 0 aliphatic heterocycles. The molecule has 1 aromatic carbocycles. The number of pyridine rings is 1. The van der Waals surface area contributed by atoms with Gasteiger partial charge in [-0.2, -0.15) is 0 Å². The zero-order valence-corrected chi connectivity index (χ0v) is 18.3. The van der Waals surface area contributed by atoms with E-state index in [1.807, 2.05) is 30.6 Å². The molecule has 31 heavy (non-hydrogen) atoms. The van der Waals surface area contributed by atoms with Crippen molar-refractivity contribution in [2.45, 2.75) is 51.2 Å². The molecular weight excluding hydrogens is 404 g/mol. The van der Waals surface area contributed by atoms with Gasteiger partial charge in [0.2, 0.25) is 0 Å². The molecule has 0 saturated carbocycles. The number of thiophene rings is 1. The number of nitrogens with zero attached hydrogens (tertiary/aromatic N) is 3. The molecule has 0 radical (unpaired) electrons. The van der Waals surface area contributed by atoms with Gasteiger partial charge in [0.15, 0.2) is 0 Å². The SMILES string of the molecule is O=c1c2c3c(sc2ncn1CCCc1ccncc1)CC(NCc1ccccc1)CC3. The van der Waals surface area contributed by atoms with Gasteiger partial charge in [0, 0.05) is 36.4 Å². The fourth-order valence-electron chi connectivity index (χ4n) is 4.40. The van der Waals surface area contributed by atoms with Crippen LogP contribution in [0.1, 0.15) is 34.4 Å². The standard InChI is InChI=1S/C25H26N4OS/c30-25-23-21-9-8-20(27-16-19-5-2-1-3-6-19)15-22(21)31-24(23)28-17-29(25)14-4-7-18-10-12-26-13-11-18/h1-3,5-6,10-13,17,20,27H,4,7-9,14-16H2. The Morgan fingerprint density at radius 3 is 2.77 bits per heavy atom. The first-order chi connectivity index (χ1) is 15.3. The van der Waals surface area contributed by atoms with Crippen LogP contribution in [-0.2, 0) is 32.4 Å². The molecule has 1 N–H and O–H groups in total. The number of nitrogens with one attached hydrogen (secondary N) is 1. The third kappa shape index (κ3) is 4.45. The Morgan fingerprint density at radius 2 is 1.94 bits per heavy atom. The minimum absolute atomic E-state index is 0.118. The van der Waals surface area contributed by atoms with Crippen molar-refractivity contribution in [3.63, 3.8) is 0 Å². The van der Waals surface area contributed by atoms with Crippen LogP contribution in [-0.4, -0.2) is 20.6 Å². The minimum atomic E-state index is 0.118. The van der Waals surface area contributed by atoms with E-state index in [9.17, 15) is 4.79 Å². The van der Waals surface area contributed by atoms with Crippen LogP contribution >= 0.6 is 11.3 Å². The molecule has 1 aliphatic rings.